The summed E-state index contributed by atoms with van der Waals surface area (Å²) in [5.41, 5.74) is 1.09. The Balaban J connectivity index is 1.36. The fourth-order valence-electron chi connectivity index (χ4n) is 3.23. The van der Waals surface area contributed by atoms with Crippen molar-refractivity contribution in [2.75, 3.05) is 26.2 Å². The molecule has 0 atom stereocenters. The van der Waals surface area contributed by atoms with Crippen molar-refractivity contribution in [1.29, 1.82) is 0 Å². The van der Waals surface area contributed by atoms with Gasteiger partial charge in [0.25, 0.3) is 11.8 Å². The molecule has 4 rings (SSSR count). The maximum atomic E-state index is 12.7. The summed E-state index contributed by atoms with van der Waals surface area (Å²) in [5, 5.41) is 5.89. The quantitative estimate of drug-likeness (QED) is 0.501. The molecule has 1 fully saturated rings. The Morgan fingerprint density at radius 2 is 1.60 bits per heavy atom. The molecule has 2 heterocycles. The molecule has 6 nitrogen and oxygen atoms in total. The molecule has 30 heavy (non-hydrogen) atoms. The second-order valence-electron chi connectivity index (χ2n) is 6.83. The molecule has 1 amide bonds. The first kappa shape index (κ1) is 21.4. The Morgan fingerprint density at radius 3 is 2.27 bits per heavy atom. The normalized spacial score (nSPS) is 14.9. The standard InChI is InChI=1S/C20H16Cl4N4O2/c21-12-1-3-14(16(23)9-12)19-25-18(26-30-19)11-27-5-7-28(8-6-27)20(29)15-4-2-13(22)10-17(15)24/h1-4,9-10H,5-8,11H2. The maximum absolute atomic E-state index is 12.7. The fourth-order valence-corrected chi connectivity index (χ4v) is 4.21. The number of carbonyl (C=O) groups excluding carboxylic acids is 1. The SMILES string of the molecule is O=C(c1ccc(Cl)cc1Cl)N1CCN(Cc2noc(-c3ccc(Cl)cc3Cl)n2)CC1. The second kappa shape index (κ2) is 9.12. The molecule has 0 radical (unpaired) electrons. The van der Waals surface area contributed by atoms with Gasteiger partial charge in [0.1, 0.15) is 0 Å². The third-order valence-electron chi connectivity index (χ3n) is 4.82. The predicted octanol–water partition coefficient (Wildman–Crippen LogP) is 5.31. The van der Waals surface area contributed by atoms with E-state index in [0.717, 1.165) is 0 Å². The van der Waals surface area contributed by atoms with Gasteiger partial charge in [-0.25, -0.2) is 0 Å². The van der Waals surface area contributed by atoms with Gasteiger partial charge in [-0.1, -0.05) is 51.6 Å². The molecule has 0 bridgehead atoms. The zero-order valence-corrected chi connectivity index (χ0v) is 18.6. The topological polar surface area (TPSA) is 62.5 Å². The van der Waals surface area contributed by atoms with Crippen LogP contribution < -0.4 is 0 Å². The van der Waals surface area contributed by atoms with Crippen LogP contribution in [0.3, 0.4) is 0 Å². The highest BCUT2D eigenvalue weighted by molar-refractivity contribution is 6.37. The lowest BCUT2D eigenvalue weighted by molar-refractivity contribution is 0.0624. The van der Waals surface area contributed by atoms with Gasteiger partial charge in [0, 0.05) is 36.2 Å². The van der Waals surface area contributed by atoms with Gasteiger partial charge in [-0.3, -0.25) is 9.69 Å². The van der Waals surface area contributed by atoms with E-state index in [1.54, 1.807) is 41.3 Å². The maximum Gasteiger partial charge on any atom is 0.259 e. The summed E-state index contributed by atoms with van der Waals surface area (Å²) in [5.74, 6) is 0.796. The highest BCUT2D eigenvalue weighted by atomic mass is 35.5. The number of aromatic nitrogens is 2. The Bertz CT molecular complexity index is 1080. The summed E-state index contributed by atoms with van der Waals surface area (Å²) in [4.78, 5) is 21.1. The molecule has 0 aliphatic carbocycles. The summed E-state index contributed by atoms with van der Waals surface area (Å²) < 4.78 is 5.35. The number of rotatable bonds is 4. The van der Waals surface area contributed by atoms with Crippen LogP contribution in [-0.2, 0) is 6.54 Å². The van der Waals surface area contributed by atoms with E-state index in [9.17, 15) is 4.79 Å². The lowest BCUT2D eigenvalue weighted by Gasteiger charge is -2.34. The first-order valence-electron chi connectivity index (χ1n) is 9.15. The summed E-state index contributed by atoms with van der Waals surface area (Å²) in [7, 11) is 0. The summed E-state index contributed by atoms with van der Waals surface area (Å²) in [6.07, 6.45) is 0. The number of amides is 1. The average molecular weight is 486 g/mol. The number of nitrogens with zero attached hydrogens (tertiary/aromatic N) is 4. The molecule has 1 saturated heterocycles. The van der Waals surface area contributed by atoms with Crippen LogP contribution in [0.2, 0.25) is 20.1 Å². The van der Waals surface area contributed by atoms with Crippen LogP contribution in [0.15, 0.2) is 40.9 Å². The summed E-state index contributed by atoms with van der Waals surface area (Å²) in [6, 6.07) is 9.99. The van der Waals surface area contributed by atoms with E-state index in [2.05, 4.69) is 15.0 Å². The van der Waals surface area contributed by atoms with Crippen LogP contribution in [0.5, 0.6) is 0 Å². The third kappa shape index (κ3) is 4.74. The highest BCUT2D eigenvalue weighted by Crippen LogP contribution is 2.29. The van der Waals surface area contributed by atoms with Gasteiger partial charge in [0.15, 0.2) is 5.82 Å². The smallest absolute Gasteiger partial charge is 0.259 e. The molecule has 156 valence electrons. The van der Waals surface area contributed by atoms with Gasteiger partial charge in [-0.2, -0.15) is 4.98 Å². The average Bonchev–Trinajstić information content (AvgIpc) is 3.16. The molecule has 0 saturated carbocycles. The Labute approximate surface area is 193 Å². The molecular weight excluding hydrogens is 470 g/mol. The minimum absolute atomic E-state index is 0.101. The van der Waals surface area contributed by atoms with Crippen molar-refractivity contribution in [1.82, 2.24) is 19.9 Å². The van der Waals surface area contributed by atoms with Crippen LogP contribution in [-0.4, -0.2) is 52.0 Å². The summed E-state index contributed by atoms with van der Waals surface area (Å²) in [6.45, 7) is 3.03. The molecule has 1 aromatic heterocycles. The van der Waals surface area contributed by atoms with Crippen molar-refractivity contribution in [2.45, 2.75) is 6.54 Å². The van der Waals surface area contributed by atoms with Crippen molar-refractivity contribution in [3.8, 4) is 11.5 Å². The largest absolute Gasteiger partial charge is 0.336 e. The van der Waals surface area contributed by atoms with Crippen molar-refractivity contribution in [3.05, 3.63) is 67.9 Å². The number of piperazine rings is 1. The Kier molecular flexibility index (Phi) is 6.51. The van der Waals surface area contributed by atoms with Gasteiger partial charge < -0.3 is 9.42 Å². The van der Waals surface area contributed by atoms with E-state index in [4.69, 9.17) is 50.9 Å². The van der Waals surface area contributed by atoms with Gasteiger partial charge in [-0.15, -0.1) is 0 Å². The minimum atomic E-state index is -0.101. The fraction of sp³-hybridized carbons (Fsp3) is 0.250. The van der Waals surface area contributed by atoms with E-state index in [0.29, 0.717) is 75.7 Å². The Hall–Kier alpha value is -1.83. The molecule has 1 aliphatic rings. The van der Waals surface area contributed by atoms with Crippen molar-refractivity contribution in [3.63, 3.8) is 0 Å². The second-order valence-corrected chi connectivity index (χ2v) is 8.52. The predicted molar refractivity (Wildman–Crippen MR) is 117 cm³/mol. The summed E-state index contributed by atoms with van der Waals surface area (Å²) >= 11 is 24.2. The van der Waals surface area contributed by atoms with Gasteiger partial charge in [-0.05, 0) is 36.4 Å². The monoisotopic (exact) mass is 484 g/mol. The number of benzene rings is 2. The number of halogens is 4. The minimum Gasteiger partial charge on any atom is -0.336 e. The van der Waals surface area contributed by atoms with Gasteiger partial charge >= 0.3 is 0 Å². The van der Waals surface area contributed by atoms with E-state index < -0.39 is 0 Å². The number of carbonyl (C=O) groups is 1. The molecular formula is C20H16Cl4N4O2. The van der Waals surface area contributed by atoms with Crippen molar-refractivity contribution in [2.24, 2.45) is 0 Å². The molecule has 1 aliphatic heterocycles. The van der Waals surface area contributed by atoms with Crippen LogP contribution in [0.4, 0.5) is 0 Å². The lowest BCUT2D eigenvalue weighted by atomic mass is 10.1. The molecule has 0 N–H and O–H groups in total. The van der Waals surface area contributed by atoms with E-state index >= 15 is 0 Å². The first-order valence-corrected chi connectivity index (χ1v) is 10.7. The zero-order chi connectivity index (χ0) is 21.3. The highest BCUT2D eigenvalue weighted by Gasteiger charge is 2.25. The molecule has 0 spiro atoms. The lowest BCUT2D eigenvalue weighted by Crippen LogP contribution is -2.48. The zero-order valence-electron chi connectivity index (χ0n) is 15.6. The third-order valence-corrected chi connectivity index (χ3v) is 5.91. The number of hydrogen-bond acceptors (Lipinski definition) is 5. The molecule has 10 heteroatoms. The van der Waals surface area contributed by atoms with Crippen LogP contribution in [0.1, 0.15) is 16.2 Å². The van der Waals surface area contributed by atoms with Crippen molar-refractivity contribution >= 4 is 52.3 Å². The molecule has 3 aromatic rings. The first-order chi connectivity index (χ1) is 14.4. The number of hydrogen-bond donors (Lipinski definition) is 0. The Morgan fingerprint density at radius 1 is 0.933 bits per heavy atom. The van der Waals surface area contributed by atoms with Gasteiger partial charge in [0.2, 0.25) is 0 Å². The van der Waals surface area contributed by atoms with Gasteiger partial charge in [0.05, 0.1) is 27.7 Å². The van der Waals surface area contributed by atoms with Crippen LogP contribution in [0, 0.1) is 0 Å². The van der Waals surface area contributed by atoms with E-state index in [1.807, 2.05) is 0 Å². The molecule has 2 aromatic carbocycles. The van der Waals surface area contributed by atoms with Crippen LogP contribution >= 0.6 is 46.4 Å². The van der Waals surface area contributed by atoms with E-state index in [-0.39, 0.29) is 5.91 Å². The molecule has 0 unspecified atom stereocenters. The van der Waals surface area contributed by atoms with E-state index in [1.165, 1.54) is 0 Å². The van der Waals surface area contributed by atoms with Crippen molar-refractivity contribution < 1.29 is 9.32 Å². The van der Waals surface area contributed by atoms with Crippen LogP contribution in [0.25, 0.3) is 11.5 Å².